The standard InChI is InChI=1S/C29H32Cl2F2N4O4S/c1-14-11-36(28(39)41-29(3,4)5)15(2)10-35(14)26-18-8-20(31)23(17-7-19(30)22(33)9-21(17)32)25-24(18)37(27(38)34-26)16(12-40-6)13-42-25/h7-9,14-16H,10-13H2,1-6H3/t14-,15-,16-/m0/s1. The van der Waals surface area contributed by atoms with E-state index in [-0.39, 0.29) is 40.3 Å². The molecule has 226 valence electrons. The first-order valence-electron chi connectivity index (χ1n) is 13.5. The summed E-state index contributed by atoms with van der Waals surface area (Å²) in [6.07, 6.45) is -0.405. The van der Waals surface area contributed by atoms with Crippen molar-refractivity contribution in [1.29, 1.82) is 0 Å². The van der Waals surface area contributed by atoms with Crippen molar-refractivity contribution in [2.75, 3.05) is 37.5 Å². The molecule has 2 aliphatic heterocycles. The Kier molecular flexibility index (Phi) is 8.43. The molecule has 13 heteroatoms. The van der Waals surface area contributed by atoms with Gasteiger partial charge in [-0.3, -0.25) is 4.57 Å². The van der Waals surface area contributed by atoms with E-state index in [0.29, 0.717) is 46.0 Å². The molecule has 8 nitrogen and oxygen atoms in total. The molecular formula is C29H32Cl2F2N4O4S. The van der Waals surface area contributed by atoms with E-state index in [1.165, 1.54) is 17.8 Å². The van der Waals surface area contributed by atoms with Gasteiger partial charge < -0.3 is 19.3 Å². The molecule has 2 aliphatic rings. The second kappa shape index (κ2) is 11.5. The summed E-state index contributed by atoms with van der Waals surface area (Å²) in [5.74, 6) is -0.838. The first kappa shape index (κ1) is 30.8. The quantitative estimate of drug-likeness (QED) is 0.291. The third kappa shape index (κ3) is 5.56. The number of amides is 1. The van der Waals surface area contributed by atoms with E-state index >= 15 is 4.39 Å². The molecule has 0 radical (unpaired) electrons. The molecule has 0 saturated carbocycles. The average molecular weight is 642 g/mol. The lowest BCUT2D eigenvalue weighted by molar-refractivity contribution is 0.0130. The summed E-state index contributed by atoms with van der Waals surface area (Å²) in [5.41, 5.74) is -0.224. The number of methoxy groups -OCH3 is 1. The molecular weight excluding hydrogens is 609 g/mol. The summed E-state index contributed by atoms with van der Waals surface area (Å²) in [6, 6.07) is 2.80. The third-order valence-corrected chi connectivity index (χ3v) is 9.23. The highest BCUT2D eigenvalue weighted by molar-refractivity contribution is 7.99. The lowest BCUT2D eigenvalue weighted by atomic mass is 10.0. The number of rotatable bonds is 4. The van der Waals surface area contributed by atoms with Crippen molar-refractivity contribution in [2.24, 2.45) is 0 Å². The number of benzene rings is 2. The highest BCUT2D eigenvalue weighted by Crippen LogP contribution is 2.48. The van der Waals surface area contributed by atoms with E-state index in [2.05, 4.69) is 4.98 Å². The van der Waals surface area contributed by atoms with Crippen LogP contribution in [0.1, 0.15) is 40.7 Å². The van der Waals surface area contributed by atoms with Crippen LogP contribution in [0.15, 0.2) is 27.9 Å². The van der Waals surface area contributed by atoms with Gasteiger partial charge in [0.25, 0.3) is 0 Å². The predicted molar refractivity (Wildman–Crippen MR) is 162 cm³/mol. The van der Waals surface area contributed by atoms with Crippen molar-refractivity contribution in [1.82, 2.24) is 14.5 Å². The number of anilines is 1. The van der Waals surface area contributed by atoms with Crippen molar-refractivity contribution in [3.63, 3.8) is 0 Å². The molecule has 3 atom stereocenters. The van der Waals surface area contributed by atoms with Crippen molar-refractivity contribution < 1.29 is 23.0 Å². The predicted octanol–water partition coefficient (Wildman–Crippen LogP) is 6.78. The molecule has 1 fully saturated rings. The van der Waals surface area contributed by atoms with E-state index < -0.39 is 29.0 Å². The molecule has 2 aromatic carbocycles. The van der Waals surface area contributed by atoms with Crippen molar-refractivity contribution in [2.45, 2.75) is 63.2 Å². The van der Waals surface area contributed by atoms with E-state index in [0.717, 1.165) is 6.07 Å². The number of hydrogen-bond donors (Lipinski definition) is 0. The molecule has 1 amide bonds. The lowest BCUT2D eigenvalue weighted by Crippen LogP contribution is -2.59. The molecule has 0 aliphatic carbocycles. The normalized spacial score (nSPS) is 20.8. The zero-order chi connectivity index (χ0) is 30.7. The summed E-state index contributed by atoms with van der Waals surface area (Å²) >= 11 is 14.3. The molecule has 3 heterocycles. The van der Waals surface area contributed by atoms with Gasteiger partial charge in [0.2, 0.25) is 0 Å². The van der Waals surface area contributed by atoms with E-state index in [4.69, 9.17) is 32.7 Å². The lowest BCUT2D eigenvalue weighted by Gasteiger charge is -2.45. The number of carbonyl (C=O) groups is 1. The number of thioether (sulfide) groups is 1. The van der Waals surface area contributed by atoms with Crippen LogP contribution >= 0.6 is 35.0 Å². The highest BCUT2D eigenvalue weighted by atomic mass is 35.5. The molecule has 0 N–H and O–H groups in total. The maximum absolute atomic E-state index is 15.2. The molecule has 1 saturated heterocycles. The Morgan fingerprint density at radius 2 is 1.81 bits per heavy atom. The van der Waals surface area contributed by atoms with Gasteiger partial charge in [-0.15, -0.1) is 11.8 Å². The minimum Gasteiger partial charge on any atom is -0.444 e. The van der Waals surface area contributed by atoms with Crippen LogP contribution in [-0.4, -0.2) is 70.8 Å². The van der Waals surface area contributed by atoms with Crippen LogP contribution in [0.3, 0.4) is 0 Å². The van der Waals surface area contributed by atoms with Gasteiger partial charge in [0, 0.05) is 65.5 Å². The number of aromatic nitrogens is 2. The number of carbonyl (C=O) groups excluding carboxylic acids is 1. The Bertz CT molecular complexity index is 1630. The first-order chi connectivity index (χ1) is 19.7. The van der Waals surface area contributed by atoms with Gasteiger partial charge in [-0.25, -0.2) is 18.4 Å². The summed E-state index contributed by atoms with van der Waals surface area (Å²) < 4.78 is 41.8. The van der Waals surface area contributed by atoms with Gasteiger partial charge in [-0.05, 0) is 46.8 Å². The zero-order valence-corrected chi connectivity index (χ0v) is 26.5. The van der Waals surface area contributed by atoms with Crippen molar-refractivity contribution in [3.05, 3.63) is 50.4 Å². The van der Waals surface area contributed by atoms with Crippen LogP contribution in [0.25, 0.3) is 22.0 Å². The number of piperazine rings is 1. The number of ether oxygens (including phenoxy) is 2. The maximum atomic E-state index is 15.2. The van der Waals surface area contributed by atoms with Crippen LogP contribution in [0, 0.1) is 11.6 Å². The van der Waals surface area contributed by atoms with Crippen molar-refractivity contribution >= 4 is 57.8 Å². The summed E-state index contributed by atoms with van der Waals surface area (Å²) in [7, 11) is 1.56. The number of nitrogens with zero attached hydrogens (tertiary/aromatic N) is 4. The van der Waals surface area contributed by atoms with E-state index in [9.17, 15) is 14.0 Å². The Hall–Kier alpha value is -2.60. The molecule has 0 spiro atoms. The number of hydrogen-bond acceptors (Lipinski definition) is 7. The average Bonchev–Trinajstić information content (AvgIpc) is 2.89. The van der Waals surface area contributed by atoms with E-state index in [1.807, 2.05) is 39.5 Å². The van der Waals surface area contributed by atoms with Gasteiger partial charge in [0.1, 0.15) is 23.1 Å². The van der Waals surface area contributed by atoms with Gasteiger partial charge in [-0.2, -0.15) is 4.98 Å². The second-order valence-electron chi connectivity index (χ2n) is 11.7. The molecule has 3 aromatic rings. The highest BCUT2D eigenvalue weighted by Gasteiger charge is 2.38. The van der Waals surface area contributed by atoms with Gasteiger partial charge in [0.15, 0.2) is 0 Å². The van der Waals surface area contributed by atoms with Crippen LogP contribution in [0.4, 0.5) is 19.4 Å². The summed E-state index contributed by atoms with van der Waals surface area (Å²) in [6.45, 7) is 10.3. The molecule has 5 rings (SSSR count). The Balaban J connectivity index is 1.69. The van der Waals surface area contributed by atoms with Gasteiger partial charge >= 0.3 is 11.8 Å². The van der Waals surface area contributed by atoms with Crippen LogP contribution in [-0.2, 0) is 9.47 Å². The fourth-order valence-corrected chi connectivity index (χ4v) is 7.39. The fourth-order valence-electron chi connectivity index (χ4n) is 5.56. The van der Waals surface area contributed by atoms with Crippen LogP contribution < -0.4 is 10.6 Å². The summed E-state index contributed by atoms with van der Waals surface area (Å²) in [5, 5.41) is 0.564. The smallest absolute Gasteiger partial charge is 0.410 e. The number of halogens is 4. The molecule has 1 aromatic heterocycles. The van der Waals surface area contributed by atoms with Gasteiger partial charge in [0.05, 0.1) is 28.2 Å². The Labute approximate surface area is 256 Å². The van der Waals surface area contributed by atoms with E-state index in [1.54, 1.807) is 22.6 Å². The SMILES string of the molecule is COC[C@H]1CSc2c(-c3cc(Cl)c(F)cc3F)c(Cl)cc3c(N4C[C@H](C)N(C(=O)OC(C)(C)C)C[C@@H]4C)nc(=O)n1c23. The fraction of sp³-hybridized carbons (Fsp3) is 0.483. The van der Waals surface area contributed by atoms with Crippen LogP contribution in [0.5, 0.6) is 0 Å². The van der Waals surface area contributed by atoms with Crippen LogP contribution in [0.2, 0.25) is 10.0 Å². The monoisotopic (exact) mass is 640 g/mol. The molecule has 0 bridgehead atoms. The first-order valence-corrected chi connectivity index (χ1v) is 15.3. The zero-order valence-electron chi connectivity index (χ0n) is 24.1. The van der Waals surface area contributed by atoms with Crippen molar-refractivity contribution in [3.8, 4) is 11.1 Å². The largest absolute Gasteiger partial charge is 0.444 e. The minimum absolute atomic E-state index is 0.0336. The summed E-state index contributed by atoms with van der Waals surface area (Å²) in [4.78, 5) is 35.4. The Morgan fingerprint density at radius 3 is 2.48 bits per heavy atom. The second-order valence-corrected chi connectivity index (χ2v) is 13.5. The maximum Gasteiger partial charge on any atom is 0.410 e. The third-order valence-electron chi connectivity index (χ3n) is 7.41. The molecule has 42 heavy (non-hydrogen) atoms. The Morgan fingerprint density at radius 1 is 1.10 bits per heavy atom. The van der Waals surface area contributed by atoms with Gasteiger partial charge in [-0.1, -0.05) is 23.2 Å². The topological polar surface area (TPSA) is 76.9 Å². The molecule has 0 unspecified atom stereocenters. The minimum atomic E-state index is -0.881.